The summed E-state index contributed by atoms with van der Waals surface area (Å²) in [6.45, 7) is 1.47. The smallest absolute Gasteiger partial charge is 0.303 e. The molecule has 158 valence electrons. The Hall–Kier alpha value is -3.04. The number of carbonyl (C=O) groups excluding carboxylic acids is 3. The summed E-state index contributed by atoms with van der Waals surface area (Å²) in [6, 6.07) is 14.4. The number of hydrazine groups is 1. The quantitative estimate of drug-likeness (QED) is 0.387. The van der Waals surface area contributed by atoms with Crippen LogP contribution in [0.25, 0.3) is 0 Å². The molecule has 1 saturated heterocycles. The topological polar surface area (TPSA) is 108 Å². The van der Waals surface area contributed by atoms with Crippen LogP contribution < -0.4 is 15.3 Å². The molecule has 8 nitrogen and oxygen atoms in total. The van der Waals surface area contributed by atoms with Crippen LogP contribution in [-0.4, -0.2) is 41.1 Å². The van der Waals surface area contributed by atoms with Crippen molar-refractivity contribution in [1.82, 2.24) is 5.01 Å². The number of carbonyl (C=O) groups is 3. The number of rotatable bonds is 8. The Labute approximate surface area is 178 Å². The molecule has 2 aromatic rings. The lowest BCUT2D eigenvalue weighted by Gasteiger charge is -2.19. The van der Waals surface area contributed by atoms with Crippen molar-refractivity contribution in [2.45, 2.75) is 24.7 Å². The van der Waals surface area contributed by atoms with Gasteiger partial charge in [0.15, 0.2) is 6.10 Å². The van der Waals surface area contributed by atoms with E-state index < -0.39 is 28.5 Å². The van der Waals surface area contributed by atoms with Crippen LogP contribution in [0.4, 0.5) is 4.79 Å². The number of esters is 1. The zero-order chi connectivity index (χ0) is 21.7. The van der Waals surface area contributed by atoms with Crippen molar-refractivity contribution in [3.05, 3.63) is 59.7 Å². The second-order valence-corrected chi connectivity index (χ2v) is 7.77. The number of nitrogens with two attached hydrogens (primary N) is 1. The van der Waals surface area contributed by atoms with Gasteiger partial charge in [-0.15, -0.1) is 0 Å². The van der Waals surface area contributed by atoms with Gasteiger partial charge in [-0.25, -0.2) is 10.9 Å². The van der Waals surface area contributed by atoms with E-state index in [0.29, 0.717) is 22.9 Å². The Morgan fingerprint density at radius 1 is 1.17 bits per heavy atom. The van der Waals surface area contributed by atoms with Gasteiger partial charge in [0.1, 0.15) is 18.1 Å². The van der Waals surface area contributed by atoms with Crippen molar-refractivity contribution in [3.63, 3.8) is 0 Å². The fourth-order valence-corrected chi connectivity index (χ4v) is 3.89. The zero-order valence-corrected chi connectivity index (χ0v) is 17.4. The second kappa shape index (κ2) is 9.64. The van der Waals surface area contributed by atoms with Gasteiger partial charge in [-0.05, 0) is 53.6 Å². The van der Waals surface area contributed by atoms with E-state index in [1.807, 2.05) is 24.3 Å². The van der Waals surface area contributed by atoms with Crippen molar-refractivity contribution < 1.29 is 28.6 Å². The van der Waals surface area contributed by atoms with E-state index in [2.05, 4.69) is 0 Å². The van der Waals surface area contributed by atoms with Crippen LogP contribution in [-0.2, 0) is 20.7 Å². The van der Waals surface area contributed by atoms with Crippen molar-refractivity contribution >= 4 is 28.9 Å². The van der Waals surface area contributed by atoms with Crippen LogP contribution >= 0.6 is 11.8 Å². The average Bonchev–Trinajstić information content (AvgIpc) is 2.98. The molecule has 0 aliphatic carbocycles. The molecule has 1 fully saturated rings. The number of benzene rings is 2. The molecule has 0 bridgehead atoms. The van der Waals surface area contributed by atoms with E-state index in [1.54, 1.807) is 31.4 Å². The molecular weight excluding hydrogens is 408 g/mol. The summed E-state index contributed by atoms with van der Waals surface area (Å²) in [5.41, 5.74) is 1.63. The molecule has 2 atom stereocenters. The number of nitrogens with zero attached hydrogens (tertiary/aromatic N) is 1. The number of hydrogen-bond donors (Lipinski definition) is 1. The third-order valence-electron chi connectivity index (χ3n) is 4.47. The van der Waals surface area contributed by atoms with E-state index in [4.69, 9.17) is 20.1 Å². The molecule has 0 aromatic heterocycles. The number of ether oxygens (including phenoxy) is 3. The van der Waals surface area contributed by atoms with Gasteiger partial charge < -0.3 is 14.2 Å². The molecule has 30 heavy (non-hydrogen) atoms. The SMILES string of the molecule is COc1cccc([C@@H](COc2ccc(CC3SC(=O)N(N)C3=O)cc2)OC(C)=O)c1. The molecule has 0 saturated carbocycles. The monoisotopic (exact) mass is 430 g/mol. The standard InChI is InChI=1S/C21H22N2O6S/c1-13(24)29-18(15-4-3-5-17(11-15)27-2)12-28-16-8-6-14(7-9-16)10-19-20(25)23(22)21(26)30-19/h3-9,11,18-19H,10,12,22H2,1-2H3/t18-,19?/m1/s1. The first kappa shape index (κ1) is 21.7. The molecular formula is C21H22N2O6S. The van der Waals surface area contributed by atoms with Gasteiger partial charge in [-0.3, -0.25) is 14.4 Å². The van der Waals surface area contributed by atoms with Crippen molar-refractivity contribution in [2.24, 2.45) is 5.84 Å². The third-order valence-corrected chi connectivity index (χ3v) is 5.52. The van der Waals surface area contributed by atoms with E-state index in [1.165, 1.54) is 6.92 Å². The Bertz CT molecular complexity index is 933. The lowest BCUT2D eigenvalue weighted by molar-refractivity contribution is -0.148. The fraction of sp³-hybridized carbons (Fsp3) is 0.286. The highest BCUT2D eigenvalue weighted by atomic mass is 32.2. The highest BCUT2D eigenvalue weighted by Gasteiger charge is 2.37. The van der Waals surface area contributed by atoms with Crippen molar-refractivity contribution in [1.29, 1.82) is 0 Å². The van der Waals surface area contributed by atoms with Crippen LogP contribution in [0, 0.1) is 0 Å². The average molecular weight is 430 g/mol. The van der Waals surface area contributed by atoms with Crippen LogP contribution in [0.1, 0.15) is 24.2 Å². The largest absolute Gasteiger partial charge is 0.497 e. The van der Waals surface area contributed by atoms with Crippen LogP contribution in [0.15, 0.2) is 48.5 Å². The minimum atomic E-state index is -0.591. The summed E-state index contributed by atoms with van der Waals surface area (Å²) in [4.78, 5) is 34.9. The lowest BCUT2D eigenvalue weighted by Crippen LogP contribution is -2.37. The molecule has 0 radical (unpaired) electrons. The summed E-state index contributed by atoms with van der Waals surface area (Å²) >= 11 is 0.924. The number of amides is 2. The van der Waals surface area contributed by atoms with Crippen LogP contribution in [0.5, 0.6) is 11.5 Å². The predicted molar refractivity (Wildman–Crippen MR) is 111 cm³/mol. The number of thioether (sulfide) groups is 1. The minimum Gasteiger partial charge on any atom is -0.497 e. The summed E-state index contributed by atoms with van der Waals surface area (Å²) in [7, 11) is 1.57. The first-order chi connectivity index (χ1) is 14.4. The van der Waals surface area contributed by atoms with Crippen LogP contribution in [0.2, 0.25) is 0 Å². The van der Waals surface area contributed by atoms with Gasteiger partial charge in [0.25, 0.3) is 5.91 Å². The predicted octanol–water partition coefficient (Wildman–Crippen LogP) is 2.86. The molecule has 2 N–H and O–H groups in total. The highest BCUT2D eigenvalue weighted by molar-refractivity contribution is 8.15. The molecule has 1 aliphatic heterocycles. The van der Waals surface area contributed by atoms with Crippen molar-refractivity contribution in [3.8, 4) is 11.5 Å². The summed E-state index contributed by atoms with van der Waals surface area (Å²) < 4.78 is 16.4. The summed E-state index contributed by atoms with van der Waals surface area (Å²) in [6.07, 6.45) is -0.199. The van der Waals surface area contributed by atoms with Gasteiger partial charge in [-0.2, -0.15) is 0 Å². The molecule has 2 amide bonds. The maximum atomic E-state index is 11.9. The highest BCUT2D eigenvalue weighted by Crippen LogP contribution is 2.28. The normalized spacial score (nSPS) is 17.0. The van der Waals surface area contributed by atoms with Gasteiger partial charge >= 0.3 is 11.2 Å². The lowest BCUT2D eigenvalue weighted by atomic mass is 10.1. The molecule has 1 heterocycles. The summed E-state index contributed by atoms with van der Waals surface area (Å²) in [5, 5.41) is -0.310. The Kier molecular flexibility index (Phi) is 6.96. The van der Waals surface area contributed by atoms with Gasteiger partial charge in [0.2, 0.25) is 0 Å². The Morgan fingerprint density at radius 3 is 2.50 bits per heavy atom. The van der Waals surface area contributed by atoms with E-state index >= 15 is 0 Å². The Morgan fingerprint density at radius 2 is 1.90 bits per heavy atom. The third kappa shape index (κ3) is 5.31. The molecule has 9 heteroatoms. The van der Waals surface area contributed by atoms with Crippen LogP contribution in [0.3, 0.4) is 0 Å². The number of methoxy groups -OCH3 is 1. The number of imide groups is 1. The molecule has 1 aliphatic rings. The molecule has 2 aromatic carbocycles. The van der Waals surface area contributed by atoms with Gasteiger partial charge in [-0.1, -0.05) is 24.3 Å². The maximum Gasteiger partial charge on any atom is 0.303 e. The minimum absolute atomic E-state index is 0.125. The van der Waals surface area contributed by atoms with Gasteiger partial charge in [0.05, 0.1) is 12.4 Å². The second-order valence-electron chi connectivity index (χ2n) is 6.61. The number of hydrogen-bond acceptors (Lipinski definition) is 8. The molecule has 1 unspecified atom stereocenters. The molecule has 0 spiro atoms. The van der Waals surface area contributed by atoms with Gasteiger partial charge in [0, 0.05) is 6.92 Å². The maximum absolute atomic E-state index is 11.9. The Balaban J connectivity index is 1.62. The zero-order valence-electron chi connectivity index (χ0n) is 16.6. The van der Waals surface area contributed by atoms with Crippen molar-refractivity contribution in [2.75, 3.05) is 13.7 Å². The first-order valence-electron chi connectivity index (χ1n) is 9.19. The van der Waals surface area contributed by atoms with E-state index in [0.717, 1.165) is 22.9 Å². The fourth-order valence-electron chi connectivity index (χ4n) is 2.95. The van der Waals surface area contributed by atoms with E-state index in [9.17, 15) is 14.4 Å². The first-order valence-corrected chi connectivity index (χ1v) is 10.1. The summed E-state index contributed by atoms with van der Waals surface area (Å²) in [5.74, 6) is 5.84. The van der Waals surface area contributed by atoms with E-state index in [-0.39, 0.29) is 6.61 Å². The molecule has 3 rings (SSSR count).